The number of benzene rings is 1. The molecule has 0 aliphatic heterocycles. The van der Waals surface area contributed by atoms with Crippen molar-refractivity contribution in [3.05, 3.63) is 29.3 Å². The maximum Gasteiger partial charge on any atom is 0.310 e. The highest BCUT2D eigenvalue weighted by Gasteiger charge is 2.36. The Labute approximate surface area is 135 Å². The maximum absolute atomic E-state index is 12.4. The number of hydrogen-bond donors (Lipinski definition) is 3. The Morgan fingerprint density at radius 3 is 2.26 bits per heavy atom. The molecule has 128 valence electrons. The summed E-state index contributed by atoms with van der Waals surface area (Å²) in [6.07, 6.45) is 0.587. The van der Waals surface area contributed by atoms with Crippen LogP contribution >= 0.6 is 0 Å². The fourth-order valence-electron chi connectivity index (χ4n) is 2.23. The third-order valence-corrected chi connectivity index (χ3v) is 5.59. The molecule has 1 aromatic carbocycles. The van der Waals surface area contributed by atoms with Gasteiger partial charge in [-0.15, -0.1) is 0 Å². The van der Waals surface area contributed by atoms with Crippen molar-refractivity contribution in [3.8, 4) is 0 Å². The third-order valence-electron chi connectivity index (χ3n) is 4.19. The van der Waals surface area contributed by atoms with Gasteiger partial charge in [-0.2, -0.15) is 0 Å². The first-order chi connectivity index (χ1) is 10.6. The molecule has 1 aromatic rings. The molecule has 7 nitrogen and oxygen atoms in total. The summed E-state index contributed by atoms with van der Waals surface area (Å²) in [6, 6.07) is 4.03. The van der Waals surface area contributed by atoms with E-state index >= 15 is 0 Å². The van der Waals surface area contributed by atoms with Gasteiger partial charge in [0, 0.05) is 12.1 Å². The van der Waals surface area contributed by atoms with Crippen LogP contribution in [-0.2, 0) is 14.8 Å². The topological polar surface area (TPSA) is 127 Å². The largest absolute Gasteiger partial charge is 0.481 e. The number of carboxylic acid groups (broad SMARTS) is 1. The average Bonchev–Trinajstić information content (AvgIpc) is 2.48. The molecule has 23 heavy (non-hydrogen) atoms. The molecular weight excluding hydrogens is 320 g/mol. The van der Waals surface area contributed by atoms with Crippen LogP contribution in [0.1, 0.15) is 42.6 Å². The van der Waals surface area contributed by atoms with Crippen LogP contribution in [0.25, 0.3) is 0 Å². The Balaban J connectivity index is 3.11. The van der Waals surface area contributed by atoms with Gasteiger partial charge in [0.05, 0.1) is 10.3 Å². The lowest BCUT2D eigenvalue weighted by atomic mass is 9.83. The second-order valence-corrected chi connectivity index (χ2v) is 7.23. The Morgan fingerprint density at radius 2 is 1.83 bits per heavy atom. The molecule has 0 heterocycles. The molecule has 0 bridgehead atoms. The lowest BCUT2D eigenvalue weighted by Gasteiger charge is -2.26. The van der Waals surface area contributed by atoms with E-state index < -0.39 is 27.3 Å². The lowest BCUT2D eigenvalue weighted by Crippen LogP contribution is -2.42. The van der Waals surface area contributed by atoms with Crippen molar-refractivity contribution in [1.82, 2.24) is 4.72 Å². The first-order valence-electron chi connectivity index (χ1n) is 7.23. The van der Waals surface area contributed by atoms with Gasteiger partial charge < -0.3 is 10.8 Å². The number of nitrogens with one attached hydrogen (secondary N) is 1. The zero-order chi connectivity index (χ0) is 17.8. The molecule has 0 radical (unpaired) electrons. The van der Waals surface area contributed by atoms with E-state index in [1.54, 1.807) is 20.8 Å². The van der Waals surface area contributed by atoms with Gasteiger partial charge in [0.1, 0.15) is 0 Å². The van der Waals surface area contributed by atoms with E-state index in [2.05, 4.69) is 4.72 Å². The standard InChI is InChI=1S/C15H22N2O5S/c1-4-15(5-2,14(19)20)9-17-23(21,22)11-7-6-10(3)12(8-11)13(16)18/h6-8,17H,4-5,9H2,1-3H3,(H2,16,18)(H,19,20). The maximum atomic E-state index is 12.4. The van der Waals surface area contributed by atoms with E-state index in [0.29, 0.717) is 18.4 Å². The molecule has 1 amide bonds. The van der Waals surface area contributed by atoms with Gasteiger partial charge >= 0.3 is 5.97 Å². The Bertz CT molecular complexity index is 709. The number of hydrogen-bond acceptors (Lipinski definition) is 4. The molecule has 0 aromatic heterocycles. The van der Waals surface area contributed by atoms with Crippen molar-refractivity contribution in [2.24, 2.45) is 11.1 Å². The molecular formula is C15H22N2O5S. The van der Waals surface area contributed by atoms with E-state index in [9.17, 15) is 23.1 Å². The van der Waals surface area contributed by atoms with Gasteiger partial charge in [0.2, 0.25) is 15.9 Å². The van der Waals surface area contributed by atoms with Crippen molar-refractivity contribution in [1.29, 1.82) is 0 Å². The van der Waals surface area contributed by atoms with E-state index in [0.717, 1.165) is 0 Å². The summed E-state index contributed by atoms with van der Waals surface area (Å²) in [5.41, 5.74) is 4.74. The Hall–Kier alpha value is -1.93. The number of carboxylic acids is 1. The number of nitrogens with two attached hydrogens (primary N) is 1. The summed E-state index contributed by atoms with van der Waals surface area (Å²) in [7, 11) is -3.94. The molecule has 0 saturated heterocycles. The molecule has 0 aliphatic carbocycles. The van der Waals surface area contributed by atoms with E-state index in [1.165, 1.54) is 18.2 Å². The van der Waals surface area contributed by atoms with Gasteiger partial charge in [-0.05, 0) is 37.5 Å². The third kappa shape index (κ3) is 4.08. The number of aryl methyl sites for hydroxylation is 1. The molecule has 0 spiro atoms. The summed E-state index contributed by atoms with van der Waals surface area (Å²) in [6.45, 7) is 4.82. The number of aliphatic carboxylic acids is 1. The first-order valence-corrected chi connectivity index (χ1v) is 8.71. The highest BCUT2D eigenvalue weighted by atomic mass is 32.2. The van der Waals surface area contributed by atoms with Crippen LogP contribution in [0, 0.1) is 12.3 Å². The van der Waals surface area contributed by atoms with Gasteiger partial charge in [0.25, 0.3) is 0 Å². The molecule has 8 heteroatoms. The molecule has 4 N–H and O–H groups in total. The minimum Gasteiger partial charge on any atom is -0.481 e. The predicted molar refractivity (Wildman–Crippen MR) is 85.5 cm³/mol. The van der Waals surface area contributed by atoms with Crippen LogP contribution in [0.4, 0.5) is 0 Å². The molecule has 0 atom stereocenters. The Morgan fingerprint density at radius 1 is 1.26 bits per heavy atom. The quantitative estimate of drug-likeness (QED) is 0.655. The molecule has 0 fully saturated rings. The fraction of sp³-hybridized carbons (Fsp3) is 0.467. The summed E-state index contributed by atoms with van der Waals surface area (Å²) in [4.78, 5) is 22.6. The van der Waals surface area contributed by atoms with Gasteiger partial charge in [-0.1, -0.05) is 19.9 Å². The first kappa shape index (κ1) is 19.1. The molecule has 1 rings (SSSR count). The summed E-state index contributed by atoms with van der Waals surface area (Å²) in [5.74, 6) is -1.77. The van der Waals surface area contributed by atoms with Crippen LogP contribution in [0.2, 0.25) is 0 Å². The number of carbonyl (C=O) groups excluding carboxylic acids is 1. The lowest BCUT2D eigenvalue weighted by molar-refractivity contribution is -0.149. The monoisotopic (exact) mass is 342 g/mol. The zero-order valence-corrected chi connectivity index (χ0v) is 14.2. The summed E-state index contributed by atoms with van der Waals surface area (Å²) in [5, 5.41) is 9.35. The average molecular weight is 342 g/mol. The highest BCUT2D eigenvalue weighted by molar-refractivity contribution is 7.89. The minimum absolute atomic E-state index is 0.114. The minimum atomic E-state index is -3.94. The number of primary amides is 1. The SMILES string of the molecule is CCC(CC)(CNS(=O)(=O)c1ccc(C)c(C(N)=O)c1)C(=O)O. The summed E-state index contributed by atoms with van der Waals surface area (Å²) >= 11 is 0. The number of rotatable bonds is 8. The molecule has 0 unspecified atom stereocenters. The number of carbonyl (C=O) groups is 2. The van der Waals surface area contributed by atoms with Crippen molar-refractivity contribution in [2.45, 2.75) is 38.5 Å². The van der Waals surface area contributed by atoms with Crippen LogP contribution in [0.5, 0.6) is 0 Å². The van der Waals surface area contributed by atoms with Crippen LogP contribution in [0.15, 0.2) is 23.1 Å². The van der Waals surface area contributed by atoms with E-state index in [4.69, 9.17) is 5.73 Å². The highest BCUT2D eigenvalue weighted by Crippen LogP contribution is 2.26. The number of amides is 1. The fourth-order valence-corrected chi connectivity index (χ4v) is 3.38. The summed E-state index contributed by atoms with van der Waals surface area (Å²) < 4.78 is 27.1. The second-order valence-electron chi connectivity index (χ2n) is 5.46. The smallest absolute Gasteiger partial charge is 0.310 e. The van der Waals surface area contributed by atoms with E-state index in [1.807, 2.05) is 0 Å². The van der Waals surface area contributed by atoms with Crippen LogP contribution in [0.3, 0.4) is 0 Å². The van der Waals surface area contributed by atoms with Crippen molar-refractivity contribution in [2.75, 3.05) is 6.54 Å². The van der Waals surface area contributed by atoms with Crippen LogP contribution in [-0.4, -0.2) is 31.9 Å². The van der Waals surface area contributed by atoms with Crippen molar-refractivity contribution in [3.63, 3.8) is 0 Å². The van der Waals surface area contributed by atoms with Gasteiger partial charge in [-0.3, -0.25) is 9.59 Å². The van der Waals surface area contributed by atoms with Gasteiger partial charge in [0.15, 0.2) is 0 Å². The molecule has 0 saturated carbocycles. The second kappa shape index (κ2) is 7.10. The predicted octanol–water partition coefficient (Wildman–Crippen LogP) is 1.26. The Kier molecular flexibility index (Phi) is 5.90. The number of sulfonamides is 1. The van der Waals surface area contributed by atoms with Gasteiger partial charge in [-0.25, -0.2) is 13.1 Å². The van der Waals surface area contributed by atoms with Crippen molar-refractivity contribution >= 4 is 21.9 Å². The van der Waals surface area contributed by atoms with E-state index in [-0.39, 0.29) is 17.0 Å². The molecule has 0 aliphatic rings. The zero-order valence-electron chi connectivity index (χ0n) is 13.4. The van der Waals surface area contributed by atoms with Crippen molar-refractivity contribution < 1.29 is 23.1 Å². The normalized spacial score (nSPS) is 12.1. The van der Waals surface area contributed by atoms with Crippen LogP contribution < -0.4 is 10.5 Å².